The zero-order valence-electron chi connectivity index (χ0n) is 16.2. The van der Waals surface area contributed by atoms with Crippen molar-refractivity contribution in [2.24, 2.45) is 5.10 Å². The van der Waals surface area contributed by atoms with E-state index in [1.807, 2.05) is 0 Å². The number of rotatable bonds is 6. The molecule has 1 aromatic carbocycles. The van der Waals surface area contributed by atoms with Crippen molar-refractivity contribution in [3.05, 3.63) is 23.8 Å². The minimum atomic E-state index is -0.843. The van der Waals surface area contributed by atoms with Crippen LogP contribution in [0.5, 0.6) is 11.5 Å². The number of fused-ring (bicyclic) bond motifs is 1. The van der Waals surface area contributed by atoms with Crippen molar-refractivity contribution in [2.45, 2.75) is 13.0 Å². The van der Waals surface area contributed by atoms with Crippen molar-refractivity contribution < 1.29 is 24.2 Å². The number of hydrogen-bond acceptors (Lipinski definition) is 7. The van der Waals surface area contributed by atoms with E-state index in [0.29, 0.717) is 17.9 Å². The molecule has 1 aromatic rings. The summed E-state index contributed by atoms with van der Waals surface area (Å²) in [5.74, 6) is -0.453. The van der Waals surface area contributed by atoms with E-state index in [4.69, 9.17) is 4.74 Å². The fourth-order valence-corrected chi connectivity index (χ4v) is 2.96. The highest BCUT2D eigenvalue weighted by atomic mass is 16.5. The monoisotopic (exact) mass is 401 g/mol. The van der Waals surface area contributed by atoms with E-state index >= 15 is 0 Å². The van der Waals surface area contributed by atoms with Crippen LogP contribution in [0.1, 0.15) is 12.5 Å². The van der Waals surface area contributed by atoms with Gasteiger partial charge in [0.1, 0.15) is 6.54 Å². The van der Waals surface area contributed by atoms with Gasteiger partial charge in [-0.1, -0.05) is 6.07 Å². The number of carbonyl (C=O) groups excluding carboxylic acids is 3. The molecule has 11 nitrogen and oxygen atoms in total. The third kappa shape index (κ3) is 3.76. The average Bonchev–Trinajstić information content (AvgIpc) is 3.11. The molecule has 1 saturated heterocycles. The number of imide groups is 1. The Balaban J connectivity index is 1.62. The number of carbonyl (C=O) groups is 3. The SMILES string of the molecule is CCOc1cccc(/C=N/NC(=O)CN2C=[N+]=C3C2C(=O)N(C)C(=O)N3C)c1O. The number of phenolic OH excluding ortho intramolecular Hbond substituents is 1. The largest absolute Gasteiger partial charge is 0.504 e. The summed E-state index contributed by atoms with van der Waals surface area (Å²) >= 11 is 0. The van der Waals surface area contributed by atoms with Crippen LogP contribution in [0.2, 0.25) is 0 Å². The lowest BCUT2D eigenvalue weighted by molar-refractivity contribution is -0.131. The number of para-hydroxylation sites is 1. The van der Waals surface area contributed by atoms with Crippen molar-refractivity contribution >= 4 is 36.2 Å². The molecular formula is C18H21N6O5+. The summed E-state index contributed by atoms with van der Waals surface area (Å²) in [6, 6.07) is 3.60. The second-order valence-electron chi connectivity index (χ2n) is 6.34. The lowest BCUT2D eigenvalue weighted by Crippen LogP contribution is -2.63. The fourth-order valence-electron chi connectivity index (χ4n) is 2.96. The topological polar surface area (TPSA) is 129 Å². The van der Waals surface area contributed by atoms with Crippen LogP contribution in [0.25, 0.3) is 0 Å². The molecule has 0 aliphatic carbocycles. The number of amides is 4. The zero-order chi connectivity index (χ0) is 21.1. The molecule has 0 aromatic heterocycles. The second-order valence-corrected chi connectivity index (χ2v) is 6.34. The molecule has 1 atom stereocenters. The lowest BCUT2D eigenvalue weighted by Gasteiger charge is -2.29. The standard InChI is InChI=1S/C18H20N6O5/c1-4-29-12-7-5-6-11(15(12)26)8-20-21-13(25)9-24-10-19-16-14(24)17(27)23(3)18(28)22(16)2/h5-8,10,14H,4,9H2,1-3H3,(H-,20,21,25,26)/p+1. The van der Waals surface area contributed by atoms with Crippen LogP contribution in [-0.2, 0) is 9.59 Å². The van der Waals surface area contributed by atoms with Gasteiger partial charge in [-0.15, -0.1) is 0 Å². The Hall–Kier alpha value is -3.85. The normalized spacial score (nSPS) is 18.4. The van der Waals surface area contributed by atoms with E-state index < -0.39 is 23.9 Å². The van der Waals surface area contributed by atoms with Gasteiger partial charge < -0.3 is 9.84 Å². The molecule has 1 unspecified atom stereocenters. The number of benzene rings is 1. The van der Waals surface area contributed by atoms with Gasteiger partial charge in [0, 0.05) is 12.6 Å². The van der Waals surface area contributed by atoms with E-state index in [9.17, 15) is 19.5 Å². The van der Waals surface area contributed by atoms with Crippen LogP contribution >= 0.6 is 0 Å². The highest BCUT2D eigenvalue weighted by Crippen LogP contribution is 2.28. The first-order valence-electron chi connectivity index (χ1n) is 8.83. The summed E-state index contributed by atoms with van der Waals surface area (Å²) in [6.07, 6.45) is 2.64. The molecule has 11 heteroatoms. The van der Waals surface area contributed by atoms with Crippen molar-refractivity contribution in [3.63, 3.8) is 0 Å². The molecule has 0 saturated carbocycles. The van der Waals surface area contributed by atoms with Gasteiger partial charge in [0.25, 0.3) is 24.2 Å². The molecule has 2 aliphatic heterocycles. The maximum atomic E-state index is 12.4. The molecule has 0 radical (unpaired) electrons. The molecule has 0 spiro atoms. The third-order valence-electron chi connectivity index (χ3n) is 4.45. The third-order valence-corrected chi connectivity index (χ3v) is 4.45. The van der Waals surface area contributed by atoms with Gasteiger partial charge in [0.05, 0.1) is 19.9 Å². The first-order chi connectivity index (χ1) is 13.8. The highest BCUT2D eigenvalue weighted by Gasteiger charge is 2.53. The number of hydrazone groups is 1. The number of ether oxygens (including phenoxy) is 1. The van der Waals surface area contributed by atoms with Gasteiger partial charge in [-0.2, -0.15) is 10.0 Å². The van der Waals surface area contributed by atoms with Crippen LogP contribution < -0.4 is 14.8 Å². The first-order valence-corrected chi connectivity index (χ1v) is 8.83. The second kappa shape index (κ2) is 8.03. The number of aromatic hydroxyl groups is 1. The molecule has 29 heavy (non-hydrogen) atoms. The quantitative estimate of drug-likeness (QED) is 0.355. The Morgan fingerprint density at radius 1 is 1.34 bits per heavy atom. The predicted molar refractivity (Wildman–Crippen MR) is 105 cm³/mol. The predicted octanol–water partition coefficient (Wildman–Crippen LogP) is -1.06. The Kier molecular flexibility index (Phi) is 5.51. The molecule has 4 amide bonds. The van der Waals surface area contributed by atoms with Gasteiger partial charge in [-0.3, -0.25) is 19.4 Å². The van der Waals surface area contributed by atoms with E-state index in [-0.39, 0.29) is 18.1 Å². The summed E-state index contributed by atoms with van der Waals surface area (Å²) in [7, 11) is 2.89. The van der Waals surface area contributed by atoms with Gasteiger partial charge in [0.15, 0.2) is 11.5 Å². The Labute approximate surface area is 166 Å². The number of urea groups is 1. The molecule has 3 rings (SSSR count). The summed E-state index contributed by atoms with van der Waals surface area (Å²) < 4.78 is 9.38. The number of nitrogens with one attached hydrogen (secondary N) is 1. The number of phenols is 1. The summed E-state index contributed by atoms with van der Waals surface area (Å²) in [5, 5.41) is 13.9. The van der Waals surface area contributed by atoms with Crippen LogP contribution in [-0.4, -0.2) is 89.3 Å². The average molecular weight is 401 g/mol. The number of nitrogens with zero attached hydrogens (tertiary/aromatic N) is 5. The Bertz CT molecular complexity index is 952. The maximum absolute atomic E-state index is 12.4. The number of amidine groups is 1. The van der Waals surface area contributed by atoms with Crippen LogP contribution in [0, 0.1) is 0 Å². The van der Waals surface area contributed by atoms with E-state index in [0.717, 1.165) is 4.90 Å². The minimum Gasteiger partial charge on any atom is -0.504 e. The summed E-state index contributed by atoms with van der Waals surface area (Å²) in [4.78, 5) is 40.3. The highest BCUT2D eigenvalue weighted by molar-refractivity contribution is 6.22. The van der Waals surface area contributed by atoms with Crippen molar-refractivity contribution in [1.82, 2.24) is 24.8 Å². The molecule has 1 fully saturated rings. The summed E-state index contributed by atoms with van der Waals surface area (Å²) in [6.45, 7) is 2.01. The molecule has 2 heterocycles. The zero-order valence-corrected chi connectivity index (χ0v) is 16.2. The fraction of sp³-hybridized carbons (Fsp3) is 0.333. The lowest BCUT2D eigenvalue weighted by atomic mass is 10.1. The van der Waals surface area contributed by atoms with E-state index in [2.05, 4.69) is 15.2 Å². The molecule has 152 valence electrons. The van der Waals surface area contributed by atoms with Crippen molar-refractivity contribution in [1.29, 1.82) is 0 Å². The van der Waals surface area contributed by atoms with Crippen LogP contribution in [0.4, 0.5) is 4.79 Å². The van der Waals surface area contributed by atoms with Gasteiger partial charge >= 0.3 is 11.9 Å². The first kappa shape index (κ1) is 19.9. The molecule has 0 bridgehead atoms. The summed E-state index contributed by atoms with van der Waals surface area (Å²) in [5.41, 5.74) is 2.71. The number of likely N-dealkylation sites (N-methyl/N-ethyl adjacent to an activating group) is 2. The Morgan fingerprint density at radius 3 is 2.83 bits per heavy atom. The minimum absolute atomic E-state index is 0.0817. The molecule has 2 aliphatic rings. The van der Waals surface area contributed by atoms with E-state index in [1.54, 1.807) is 25.1 Å². The maximum Gasteiger partial charge on any atom is 0.389 e. The van der Waals surface area contributed by atoms with Gasteiger partial charge in [-0.25, -0.2) is 14.9 Å². The van der Waals surface area contributed by atoms with Crippen LogP contribution in [0.3, 0.4) is 0 Å². The Morgan fingerprint density at radius 2 is 2.10 bits per heavy atom. The molecule has 2 N–H and O–H groups in total. The number of hydrogen-bond donors (Lipinski definition) is 2. The van der Waals surface area contributed by atoms with Gasteiger partial charge in [-0.05, 0) is 19.1 Å². The van der Waals surface area contributed by atoms with Crippen LogP contribution in [0.15, 0.2) is 23.3 Å². The van der Waals surface area contributed by atoms with E-state index in [1.165, 1.54) is 36.4 Å². The van der Waals surface area contributed by atoms with Crippen molar-refractivity contribution in [3.8, 4) is 11.5 Å². The molecular weight excluding hydrogens is 380 g/mol. The smallest absolute Gasteiger partial charge is 0.389 e. The van der Waals surface area contributed by atoms with Crippen molar-refractivity contribution in [2.75, 3.05) is 27.2 Å². The van der Waals surface area contributed by atoms with Gasteiger partial charge in [0.2, 0.25) is 0 Å².